The third-order valence-electron chi connectivity index (χ3n) is 2.99. The number of carboxylic acid groups (broad SMARTS) is 1. The smallest absolute Gasteiger partial charge is 0.352 e. The van der Waals surface area contributed by atoms with Gasteiger partial charge in [-0.1, -0.05) is 11.8 Å². The van der Waals surface area contributed by atoms with E-state index in [4.69, 9.17) is 0 Å². The molecule has 10 heteroatoms. The number of nitrogens with one attached hydrogen (secondary N) is 1. The molecular weight excluding hydrogens is 304 g/mol. The molecule has 20 heavy (non-hydrogen) atoms. The monoisotopic (exact) mass is 314 g/mol. The van der Waals surface area contributed by atoms with Crippen molar-refractivity contribution in [2.45, 2.75) is 16.6 Å². The van der Waals surface area contributed by atoms with Gasteiger partial charge in [0, 0.05) is 11.5 Å². The summed E-state index contributed by atoms with van der Waals surface area (Å²) in [7, 11) is 0. The third-order valence-corrected chi connectivity index (χ3v) is 5.26. The molecule has 0 radical (unpaired) electrons. The molecule has 1 fully saturated rings. The Hall–Kier alpha value is -1.52. The van der Waals surface area contributed by atoms with Crippen molar-refractivity contribution in [2.24, 2.45) is 0 Å². The maximum atomic E-state index is 11.6. The lowest BCUT2D eigenvalue weighted by Gasteiger charge is -2.47. The van der Waals surface area contributed by atoms with Crippen LogP contribution in [-0.2, 0) is 9.59 Å². The number of aliphatic hydroxyl groups is 1. The highest BCUT2D eigenvalue weighted by Crippen LogP contribution is 2.41. The molecule has 0 spiro atoms. The molecule has 0 aliphatic carbocycles. The van der Waals surface area contributed by atoms with Crippen molar-refractivity contribution in [3.8, 4) is 0 Å². The van der Waals surface area contributed by atoms with E-state index < -0.39 is 23.4 Å². The summed E-state index contributed by atoms with van der Waals surface area (Å²) in [5.74, 6) is -0.856. The van der Waals surface area contributed by atoms with Gasteiger partial charge >= 0.3 is 5.97 Å². The largest absolute Gasteiger partial charge is 0.477 e. The van der Waals surface area contributed by atoms with E-state index in [1.54, 1.807) is 0 Å². The lowest BCUT2D eigenvalue weighted by atomic mass is 10.1. The number of aliphatic hydroxyl groups excluding tert-OH is 1. The van der Waals surface area contributed by atoms with Crippen LogP contribution in [0.1, 0.15) is 0 Å². The van der Waals surface area contributed by atoms with E-state index in [9.17, 15) is 19.8 Å². The second kappa shape index (κ2) is 5.11. The van der Waals surface area contributed by atoms with Gasteiger partial charge in [0.05, 0.1) is 0 Å². The standard InChI is InChI=1S/C10H10N4O4S2/c15-6-7(16)14-5(9(17)18)4(1-19-8(6)14)2-20-10-11-3-12-13-10/h3,6,8,15H,1-2H2,(H,17,18)(H,11,12,13)/t6-,8-/m1/s1. The highest BCUT2D eigenvalue weighted by molar-refractivity contribution is 8.01. The first-order valence-electron chi connectivity index (χ1n) is 5.66. The van der Waals surface area contributed by atoms with Crippen LogP contribution in [0.5, 0.6) is 0 Å². The lowest BCUT2D eigenvalue weighted by molar-refractivity contribution is -0.159. The number of thioether (sulfide) groups is 2. The van der Waals surface area contributed by atoms with Gasteiger partial charge in [0.15, 0.2) is 6.10 Å². The van der Waals surface area contributed by atoms with Gasteiger partial charge < -0.3 is 10.2 Å². The average molecular weight is 314 g/mol. The fourth-order valence-electron chi connectivity index (χ4n) is 2.06. The van der Waals surface area contributed by atoms with Gasteiger partial charge in [-0.25, -0.2) is 9.78 Å². The van der Waals surface area contributed by atoms with Crippen LogP contribution < -0.4 is 0 Å². The minimum atomic E-state index is -1.15. The highest BCUT2D eigenvalue weighted by Gasteiger charge is 2.52. The number of carboxylic acids is 1. The predicted molar refractivity (Wildman–Crippen MR) is 70.9 cm³/mol. The van der Waals surface area contributed by atoms with E-state index in [1.165, 1.54) is 29.9 Å². The number of rotatable bonds is 4. The normalized spacial score (nSPS) is 25.4. The van der Waals surface area contributed by atoms with Crippen LogP contribution in [0.15, 0.2) is 22.8 Å². The first-order chi connectivity index (χ1) is 9.59. The maximum Gasteiger partial charge on any atom is 0.352 e. The van der Waals surface area contributed by atoms with Gasteiger partial charge in [0.25, 0.3) is 5.91 Å². The minimum absolute atomic E-state index is 0.0212. The number of amides is 1. The van der Waals surface area contributed by atoms with Crippen molar-refractivity contribution in [1.29, 1.82) is 0 Å². The molecule has 1 aromatic rings. The minimum Gasteiger partial charge on any atom is -0.477 e. The van der Waals surface area contributed by atoms with E-state index in [2.05, 4.69) is 15.2 Å². The quantitative estimate of drug-likeness (QED) is 0.503. The zero-order chi connectivity index (χ0) is 14.3. The molecule has 1 saturated heterocycles. The predicted octanol–water partition coefficient (Wildman–Crippen LogP) is -0.489. The van der Waals surface area contributed by atoms with Crippen LogP contribution in [0.4, 0.5) is 0 Å². The first-order valence-corrected chi connectivity index (χ1v) is 7.69. The number of aromatic amines is 1. The molecular formula is C10H10N4O4S2. The molecule has 1 aromatic heterocycles. The number of carbonyl (C=O) groups excluding carboxylic acids is 1. The first kappa shape index (κ1) is 13.5. The molecule has 2 aliphatic rings. The molecule has 2 aliphatic heterocycles. The zero-order valence-electron chi connectivity index (χ0n) is 10.0. The average Bonchev–Trinajstić information content (AvgIpc) is 2.96. The zero-order valence-corrected chi connectivity index (χ0v) is 11.6. The summed E-state index contributed by atoms with van der Waals surface area (Å²) in [6.45, 7) is 0. The number of aromatic nitrogens is 3. The number of β-lactam (4-membered cyclic amide) rings is 1. The molecule has 3 heterocycles. The van der Waals surface area contributed by atoms with Crippen molar-refractivity contribution in [2.75, 3.05) is 11.5 Å². The van der Waals surface area contributed by atoms with E-state index >= 15 is 0 Å². The van der Waals surface area contributed by atoms with Crippen molar-refractivity contribution in [1.82, 2.24) is 20.1 Å². The lowest BCUT2D eigenvalue weighted by Crippen LogP contribution is -2.64. The Balaban J connectivity index is 1.82. The van der Waals surface area contributed by atoms with Crippen LogP contribution in [-0.4, -0.2) is 65.2 Å². The van der Waals surface area contributed by atoms with Crippen LogP contribution in [0.25, 0.3) is 0 Å². The Bertz CT molecular complexity index is 588. The van der Waals surface area contributed by atoms with Gasteiger partial charge in [-0.05, 0) is 5.57 Å². The Labute approximate surface area is 121 Å². The molecule has 0 aromatic carbocycles. The van der Waals surface area contributed by atoms with Crippen molar-refractivity contribution in [3.05, 3.63) is 17.6 Å². The summed E-state index contributed by atoms with van der Waals surface area (Å²) in [6, 6.07) is 0. The molecule has 8 nitrogen and oxygen atoms in total. The number of hydrogen-bond acceptors (Lipinski definition) is 7. The van der Waals surface area contributed by atoms with Crippen LogP contribution in [0.3, 0.4) is 0 Å². The van der Waals surface area contributed by atoms with E-state index in [1.807, 2.05) is 0 Å². The molecule has 1 amide bonds. The summed E-state index contributed by atoms with van der Waals surface area (Å²) >= 11 is 2.66. The fraction of sp³-hybridized carbons (Fsp3) is 0.400. The maximum absolute atomic E-state index is 11.6. The van der Waals surface area contributed by atoms with Crippen LogP contribution >= 0.6 is 23.5 Å². The van der Waals surface area contributed by atoms with Crippen molar-refractivity contribution >= 4 is 35.4 Å². The summed E-state index contributed by atoms with van der Waals surface area (Å²) in [5, 5.41) is 25.3. The Morgan fingerprint density at radius 1 is 1.65 bits per heavy atom. The van der Waals surface area contributed by atoms with Gasteiger partial charge in [-0.3, -0.25) is 14.8 Å². The Kier molecular flexibility index (Phi) is 3.44. The van der Waals surface area contributed by atoms with Gasteiger partial charge in [-0.2, -0.15) is 0 Å². The number of fused-ring (bicyclic) bond motifs is 1. The fourth-order valence-corrected chi connectivity index (χ4v) is 4.24. The molecule has 0 bridgehead atoms. The summed E-state index contributed by atoms with van der Waals surface area (Å²) < 4.78 is 0. The van der Waals surface area contributed by atoms with Crippen LogP contribution in [0.2, 0.25) is 0 Å². The van der Waals surface area contributed by atoms with E-state index in [0.717, 1.165) is 4.90 Å². The summed E-state index contributed by atoms with van der Waals surface area (Å²) in [4.78, 5) is 28.1. The van der Waals surface area contributed by atoms with Crippen molar-refractivity contribution in [3.63, 3.8) is 0 Å². The number of carbonyl (C=O) groups is 2. The molecule has 3 N–H and O–H groups in total. The van der Waals surface area contributed by atoms with Gasteiger partial charge in [-0.15, -0.1) is 16.9 Å². The SMILES string of the molecule is O=C(O)C1=C(CSc2nc[nH]n2)CS[C@@H]2[C@H](O)C(=O)N12. The molecule has 3 rings (SSSR count). The number of H-pyrrole nitrogens is 1. The Morgan fingerprint density at radius 2 is 2.45 bits per heavy atom. The Morgan fingerprint density at radius 3 is 3.10 bits per heavy atom. The van der Waals surface area contributed by atoms with E-state index in [0.29, 0.717) is 22.2 Å². The molecule has 106 valence electrons. The second-order valence-electron chi connectivity index (χ2n) is 4.18. The molecule has 0 saturated carbocycles. The van der Waals surface area contributed by atoms with E-state index in [-0.39, 0.29) is 5.70 Å². The van der Waals surface area contributed by atoms with Crippen LogP contribution in [0, 0.1) is 0 Å². The summed E-state index contributed by atoms with van der Waals surface area (Å²) in [6.07, 6.45) is 0.340. The number of hydrogen-bond donors (Lipinski definition) is 3. The highest BCUT2D eigenvalue weighted by atomic mass is 32.2. The molecule has 2 atom stereocenters. The number of nitrogens with zero attached hydrogens (tertiary/aromatic N) is 3. The van der Waals surface area contributed by atoms with Gasteiger partial charge in [0.2, 0.25) is 5.16 Å². The van der Waals surface area contributed by atoms with Crippen molar-refractivity contribution < 1.29 is 19.8 Å². The second-order valence-corrected chi connectivity index (χ2v) is 6.23. The van der Waals surface area contributed by atoms with Gasteiger partial charge in [0.1, 0.15) is 17.4 Å². The third kappa shape index (κ3) is 2.09. The summed E-state index contributed by atoms with van der Waals surface area (Å²) in [5.41, 5.74) is 0.612. The number of aliphatic carboxylic acids is 1. The molecule has 0 unspecified atom stereocenters. The topological polar surface area (TPSA) is 119 Å².